The van der Waals surface area contributed by atoms with Crippen molar-refractivity contribution in [2.75, 3.05) is 20.8 Å². The molecule has 0 bridgehead atoms. The van der Waals surface area contributed by atoms with Gasteiger partial charge in [-0.1, -0.05) is 19.1 Å². The summed E-state index contributed by atoms with van der Waals surface area (Å²) >= 11 is 0. The zero-order valence-corrected chi connectivity index (χ0v) is 11.4. The standard InChI is InChI=1S/C14H20O4/c1-5-11(15)13(18-6-2)10-8-7-9-12(16-3)14(10)17-4/h7-9,13H,5-6H2,1-4H3. The molecule has 1 aromatic carbocycles. The molecule has 4 heteroatoms. The van der Waals surface area contributed by atoms with Crippen molar-refractivity contribution in [3.8, 4) is 11.5 Å². The molecule has 0 aliphatic carbocycles. The van der Waals surface area contributed by atoms with E-state index in [2.05, 4.69) is 0 Å². The predicted octanol–water partition coefficient (Wildman–Crippen LogP) is 2.76. The highest BCUT2D eigenvalue weighted by molar-refractivity contribution is 5.85. The normalized spacial score (nSPS) is 12.0. The van der Waals surface area contributed by atoms with Gasteiger partial charge in [0.1, 0.15) is 6.10 Å². The summed E-state index contributed by atoms with van der Waals surface area (Å²) < 4.78 is 16.1. The quantitative estimate of drug-likeness (QED) is 0.748. The minimum atomic E-state index is -0.593. The third-order valence-corrected chi connectivity index (χ3v) is 2.69. The lowest BCUT2D eigenvalue weighted by atomic mass is 10.0. The van der Waals surface area contributed by atoms with E-state index >= 15 is 0 Å². The van der Waals surface area contributed by atoms with Crippen LogP contribution in [-0.2, 0) is 9.53 Å². The average Bonchev–Trinajstić information content (AvgIpc) is 2.42. The molecule has 0 aromatic heterocycles. The Kier molecular flexibility index (Phi) is 5.65. The summed E-state index contributed by atoms with van der Waals surface area (Å²) in [5, 5.41) is 0. The van der Waals surface area contributed by atoms with E-state index in [9.17, 15) is 4.79 Å². The van der Waals surface area contributed by atoms with Crippen LogP contribution in [-0.4, -0.2) is 26.6 Å². The number of hydrogen-bond donors (Lipinski definition) is 0. The second-order valence-corrected chi connectivity index (χ2v) is 3.74. The summed E-state index contributed by atoms with van der Waals surface area (Å²) in [4.78, 5) is 11.9. The highest BCUT2D eigenvalue weighted by atomic mass is 16.5. The fraction of sp³-hybridized carbons (Fsp3) is 0.500. The monoisotopic (exact) mass is 252 g/mol. The lowest BCUT2D eigenvalue weighted by molar-refractivity contribution is -0.130. The Balaban J connectivity index is 3.22. The molecule has 0 aliphatic heterocycles. The number of carbonyl (C=O) groups is 1. The second kappa shape index (κ2) is 7.01. The summed E-state index contributed by atoms with van der Waals surface area (Å²) in [5.74, 6) is 1.19. The third-order valence-electron chi connectivity index (χ3n) is 2.69. The number of ketones is 1. The first kappa shape index (κ1) is 14.5. The summed E-state index contributed by atoms with van der Waals surface area (Å²) in [6.07, 6.45) is -0.171. The zero-order valence-electron chi connectivity index (χ0n) is 11.4. The first-order chi connectivity index (χ1) is 8.69. The van der Waals surface area contributed by atoms with Gasteiger partial charge in [-0.05, 0) is 13.0 Å². The SMILES string of the molecule is CCOC(C(=O)CC)c1cccc(OC)c1OC. The van der Waals surface area contributed by atoms with Crippen LogP contribution in [0.15, 0.2) is 18.2 Å². The molecule has 18 heavy (non-hydrogen) atoms. The minimum Gasteiger partial charge on any atom is -0.493 e. The highest BCUT2D eigenvalue weighted by Crippen LogP contribution is 2.36. The van der Waals surface area contributed by atoms with Gasteiger partial charge in [-0.3, -0.25) is 4.79 Å². The predicted molar refractivity (Wildman–Crippen MR) is 69.2 cm³/mol. The van der Waals surface area contributed by atoms with Crippen molar-refractivity contribution in [2.24, 2.45) is 0 Å². The van der Waals surface area contributed by atoms with Crippen molar-refractivity contribution in [1.29, 1.82) is 0 Å². The van der Waals surface area contributed by atoms with Gasteiger partial charge < -0.3 is 14.2 Å². The number of carbonyl (C=O) groups excluding carboxylic acids is 1. The number of para-hydroxylation sites is 1. The van der Waals surface area contributed by atoms with Gasteiger partial charge in [-0.25, -0.2) is 0 Å². The summed E-state index contributed by atoms with van der Waals surface area (Å²) in [7, 11) is 3.12. The van der Waals surface area contributed by atoms with Gasteiger partial charge in [0.15, 0.2) is 17.3 Å². The van der Waals surface area contributed by atoms with Crippen molar-refractivity contribution in [1.82, 2.24) is 0 Å². The van der Waals surface area contributed by atoms with Crippen molar-refractivity contribution in [3.05, 3.63) is 23.8 Å². The van der Waals surface area contributed by atoms with E-state index in [0.29, 0.717) is 30.1 Å². The number of Topliss-reactive ketones (excluding diaryl/α,β-unsaturated/α-hetero) is 1. The Morgan fingerprint density at radius 3 is 2.44 bits per heavy atom. The van der Waals surface area contributed by atoms with Crippen LogP contribution < -0.4 is 9.47 Å². The fourth-order valence-corrected chi connectivity index (χ4v) is 1.83. The molecule has 0 spiro atoms. The zero-order chi connectivity index (χ0) is 13.5. The van der Waals surface area contributed by atoms with Crippen molar-refractivity contribution in [3.63, 3.8) is 0 Å². The molecular formula is C14H20O4. The van der Waals surface area contributed by atoms with Crippen molar-refractivity contribution < 1.29 is 19.0 Å². The molecule has 100 valence electrons. The van der Waals surface area contributed by atoms with Crippen LogP contribution >= 0.6 is 0 Å². The van der Waals surface area contributed by atoms with E-state index in [1.165, 1.54) is 0 Å². The van der Waals surface area contributed by atoms with Crippen LogP contribution in [0.3, 0.4) is 0 Å². The topological polar surface area (TPSA) is 44.8 Å². The maximum absolute atomic E-state index is 11.9. The molecule has 1 unspecified atom stereocenters. The fourth-order valence-electron chi connectivity index (χ4n) is 1.83. The Morgan fingerprint density at radius 2 is 1.94 bits per heavy atom. The molecule has 4 nitrogen and oxygen atoms in total. The smallest absolute Gasteiger partial charge is 0.166 e. The van der Waals surface area contributed by atoms with Gasteiger partial charge in [0.2, 0.25) is 0 Å². The molecule has 0 saturated carbocycles. The van der Waals surface area contributed by atoms with E-state index in [4.69, 9.17) is 14.2 Å². The molecule has 1 rings (SSSR count). The van der Waals surface area contributed by atoms with Gasteiger partial charge in [0, 0.05) is 18.6 Å². The van der Waals surface area contributed by atoms with Crippen LogP contribution in [0.25, 0.3) is 0 Å². The molecule has 1 aromatic rings. The van der Waals surface area contributed by atoms with Gasteiger partial charge >= 0.3 is 0 Å². The Labute approximate surface area is 108 Å². The summed E-state index contributed by atoms with van der Waals surface area (Å²) in [6.45, 7) is 4.15. The van der Waals surface area contributed by atoms with Gasteiger partial charge in [-0.15, -0.1) is 0 Å². The van der Waals surface area contributed by atoms with E-state index in [1.807, 2.05) is 26.0 Å². The Hall–Kier alpha value is -1.55. The molecule has 0 heterocycles. The molecule has 0 aliphatic rings. The van der Waals surface area contributed by atoms with E-state index < -0.39 is 6.10 Å². The molecule has 0 N–H and O–H groups in total. The number of ether oxygens (including phenoxy) is 3. The van der Waals surface area contributed by atoms with Crippen LogP contribution in [0.5, 0.6) is 11.5 Å². The van der Waals surface area contributed by atoms with Crippen molar-refractivity contribution >= 4 is 5.78 Å². The number of hydrogen-bond acceptors (Lipinski definition) is 4. The van der Waals surface area contributed by atoms with Gasteiger partial charge in [-0.2, -0.15) is 0 Å². The summed E-state index contributed by atoms with van der Waals surface area (Å²) in [5.41, 5.74) is 0.713. The molecular weight excluding hydrogens is 232 g/mol. The first-order valence-corrected chi connectivity index (χ1v) is 6.04. The van der Waals surface area contributed by atoms with Crippen LogP contribution in [0.4, 0.5) is 0 Å². The van der Waals surface area contributed by atoms with E-state index in [1.54, 1.807) is 20.3 Å². The lowest BCUT2D eigenvalue weighted by Crippen LogP contribution is -2.16. The maximum atomic E-state index is 11.9. The lowest BCUT2D eigenvalue weighted by Gasteiger charge is -2.19. The molecule has 0 amide bonds. The van der Waals surface area contributed by atoms with Gasteiger partial charge in [0.25, 0.3) is 0 Å². The van der Waals surface area contributed by atoms with Crippen LogP contribution in [0.2, 0.25) is 0 Å². The highest BCUT2D eigenvalue weighted by Gasteiger charge is 2.24. The number of benzene rings is 1. The second-order valence-electron chi connectivity index (χ2n) is 3.74. The molecule has 0 saturated heterocycles. The molecule has 0 fully saturated rings. The van der Waals surface area contributed by atoms with Crippen molar-refractivity contribution in [2.45, 2.75) is 26.4 Å². The van der Waals surface area contributed by atoms with Gasteiger partial charge in [0.05, 0.1) is 14.2 Å². The Bertz CT molecular complexity index is 401. The third kappa shape index (κ3) is 3.01. The number of methoxy groups -OCH3 is 2. The maximum Gasteiger partial charge on any atom is 0.166 e. The summed E-state index contributed by atoms with van der Waals surface area (Å²) in [6, 6.07) is 5.45. The average molecular weight is 252 g/mol. The van der Waals surface area contributed by atoms with Crippen LogP contribution in [0, 0.1) is 0 Å². The largest absolute Gasteiger partial charge is 0.493 e. The van der Waals surface area contributed by atoms with Crippen LogP contribution in [0.1, 0.15) is 31.9 Å². The molecule has 0 radical (unpaired) electrons. The van der Waals surface area contributed by atoms with E-state index in [0.717, 1.165) is 0 Å². The Morgan fingerprint density at radius 1 is 1.22 bits per heavy atom. The first-order valence-electron chi connectivity index (χ1n) is 6.04. The molecule has 1 atom stereocenters. The van der Waals surface area contributed by atoms with E-state index in [-0.39, 0.29) is 5.78 Å². The number of rotatable bonds is 7. The minimum absolute atomic E-state index is 0.0309.